The number of urea groups is 1. The number of ether oxygens (including phenoxy) is 1. The lowest BCUT2D eigenvalue weighted by Crippen LogP contribution is -2.39. The lowest BCUT2D eigenvalue weighted by Gasteiger charge is -2.25. The zero-order valence-corrected chi connectivity index (χ0v) is 16.5. The maximum atomic E-state index is 12.8. The number of nitrogens with zero attached hydrogens (tertiary/aromatic N) is 4. The molecule has 1 saturated heterocycles. The van der Waals surface area contributed by atoms with E-state index in [9.17, 15) is 4.79 Å². The highest BCUT2D eigenvalue weighted by atomic mass is 16.5. The number of methoxy groups -OCH3 is 1. The van der Waals surface area contributed by atoms with Crippen LogP contribution in [0.3, 0.4) is 0 Å². The van der Waals surface area contributed by atoms with Crippen LogP contribution in [0.15, 0.2) is 61.2 Å². The molecule has 7 heteroatoms. The Kier molecular flexibility index (Phi) is 5.74. The number of carbonyl (C=O) groups is 1. The summed E-state index contributed by atoms with van der Waals surface area (Å²) in [7, 11) is 1.66. The molecule has 2 amide bonds. The predicted molar refractivity (Wildman–Crippen MR) is 109 cm³/mol. The minimum Gasteiger partial charge on any atom is -0.497 e. The Hall–Kier alpha value is -3.35. The van der Waals surface area contributed by atoms with Crippen molar-refractivity contribution in [3.05, 3.63) is 77.9 Å². The summed E-state index contributed by atoms with van der Waals surface area (Å²) in [6.45, 7) is 1.97. The van der Waals surface area contributed by atoms with Gasteiger partial charge >= 0.3 is 6.03 Å². The van der Waals surface area contributed by atoms with Crippen LogP contribution in [0.1, 0.15) is 35.6 Å². The topological polar surface area (TPSA) is 72.3 Å². The molecule has 4 rings (SSSR count). The third kappa shape index (κ3) is 4.56. The minimum atomic E-state index is -0.0185. The molecule has 0 radical (unpaired) electrons. The first-order chi connectivity index (χ1) is 14.2. The van der Waals surface area contributed by atoms with Crippen molar-refractivity contribution in [2.75, 3.05) is 13.7 Å². The molecule has 150 valence electrons. The number of hydrogen-bond donors (Lipinski definition) is 1. The molecule has 1 unspecified atom stereocenters. The molecule has 3 aromatic rings. The van der Waals surface area contributed by atoms with Crippen LogP contribution >= 0.6 is 0 Å². The van der Waals surface area contributed by atoms with Gasteiger partial charge in [-0.25, -0.2) is 14.5 Å². The van der Waals surface area contributed by atoms with Crippen molar-refractivity contribution in [3.63, 3.8) is 0 Å². The largest absolute Gasteiger partial charge is 0.497 e. The number of aromatic nitrogens is 3. The summed E-state index contributed by atoms with van der Waals surface area (Å²) < 4.78 is 7.01. The van der Waals surface area contributed by atoms with Crippen molar-refractivity contribution >= 4 is 6.03 Å². The molecular formula is C22H25N5O2. The molecule has 1 atom stereocenters. The molecule has 1 aliphatic heterocycles. The molecule has 1 fully saturated rings. The van der Waals surface area contributed by atoms with Gasteiger partial charge in [-0.1, -0.05) is 36.4 Å². The molecule has 2 heterocycles. The van der Waals surface area contributed by atoms with E-state index in [0.29, 0.717) is 13.1 Å². The molecule has 1 aliphatic rings. The number of nitrogens with one attached hydrogen (secondary N) is 1. The van der Waals surface area contributed by atoms with Crippen LogP contribution in [0.25, 0.3) is 0 Å². The van der Waals surface area contributed by atoms with E-state index in [-0.39, 0.29) is 12.1 Å². The third-order valence-corrected chi connectivity index (χ3v) is 5.29. The lowest BCUT2D eigenvalue weighted by atomic mass is 10.0. The van der Waals surface area contributed by atoms with E-state index in [1.165, 1.54) is 6.33 Å². The highest BCUT2D eigenvalue weighted by Crippen LogP contribution is 2.32. The van der Waals surface area contributed by atoms with E-state index in [1.807, 2.05) is 41.3 Å². The molecule has 1 N–H and O–H groups in total. The van der Waals surface area contributed by atoms with Gasteiger partial charge in [0.1, 0.15) is 18.4 Å². The second-order valence-corrected chi connectivity index (χ2v) is 7.19. The number of carbonyl (C=O) groups excluding carboxylic acids is 1. The second-order valence-electron chi connectivity index (χ2n) is 7.19. The van der Waals surface area contributed by atoms with Gasteiger partial charge in [-0.3, -0.25) is 0 Å². The Morgan fingerprint density at radius 3 is 2.59 bits per heavy atom. The van der Waals surface area contributed by atoms with Crippen molar-refractivity contribution in [2.45, 2.75) is 32.0 Å². The fraction of sp³-hybridized carbons (Fsp3) is 0.318. The molecule has 0 bridgehead atoms. The average molecular weight is 391 g/mol. The van der Waals surface area contributed by atoms with Crippen LogP contribution in [0.4, 0.5) is 4.79 Å². The number of likely N-dealkylation sites (tertiary alicyclic amines) is 1. The summed E-state index contributed by atoms with van der Waals surface area (Å²) in [5.41, 5.74) is 3.36. The first kappa shape index (κ1) is 19.0. The van der Waals surface area contributed by atoms with Gasteiger partial charge in [0.15, 0.2) is 0 Å². The fourth-order valence-electron chi connectivity index (χ4n) is 3.73. The molecule has 0 aliphatic carbocycles. The van der Waals surface area contributed by atoms with Gasteiger partial charge in [-0.15, -0.1) is 0 Å². The minimum absolute atomic E-state index is 0.0185. The van der Waals surface area contributed by atoms with Crippen molar-refractivity contribution < 1.29 is 9.53 Å². The van der Waals surface area contributed by atoms with Crippen LogP contribution in [-0.2, 0) is 13.1 Å². The van der Waals surface area contributed by atoms with E-state index >= 15 is 0 Å². The van der Waals surface area contributed by atoms with Gasteiger partial charge in [0.2, 0.25) is 0 Å². The van der Waals surface area contributed by atoms with Crippen LogP contribution in [0, 0.1) is 0 Å². The van der Waals surface area contributed by atoms with Crippen molar-refractivity contribution in [1.29, 1.82) is 0 Å². The highest BCUT2D eigenvalue weighted by molar-refractivity contribution is 5.75. The SMILES string of the molecule is COc1ccc(C2CCCN2C(=O)NCc2ccc(Cn3cncn3)cc2)cc1. The molecule has 7 nitrogen and oxygen atoms in total. The normalized spacial score (nSPS) is 16.0. The summed E-state index contributed by atoms with van der Waals surface area (Å²) in [5.74, 6) is 0.829. The van der Waals surface area contributed by atoms with Gasteiger partial charge in [-0.05, 0) is 41.7 Å². The van der Waals surface area contributed by atoms with Crippen LogP contribution in [0.5, 0.6) is 5.75 Å². The predicted octanol–water partition coefficient (Wildman–Crippen LogP) is 3.38. The smallest absolute Gasteiger partial charge is 0.318 e. The zero-order valence-electron chi connectivity index (χ0n) is 16.5. The monoisotopic (exact) mass is 391 g/mol. The average Bonchev–Trinajstić information content (AvgIpc) is 3.45. The summed E-state index contributed by atoms with van der Waals surface area (Å²) in [6, 6.07) is 16.3. The highest BCUT2D eigenvalue weighted by Gasteiger charge is 2.29. The van der Waals surface area contributed by atoms with E-state index in [2.05, 4.69) is 27.5 Å². The quantitative estimate of drug-likeness (QED) is 0.699. The Bertz CT molecular complexity index is 923. The first-order valence-corrected chi connectivity index (χ1v) is 9.81. The summed E-state index contributed by atoms with van der Waals surface area (Å²) in [4.78, 5) is 18.7. The standard InChI is InChI=1S/C22H25N5O2/c1-29-20-10-8-19(9-11-20)21-3-2-12-27(21)22(28)24-13-17-4-6-18(7-5-17)14-26-16-23-15-25-26/h4-11,15-16,21H,2-3,12-14H2,1H3,(H,24,28). The van der Waals surface area contributed by atoms with E-state index in [4.69, 9.17) is 4.74 Å². The van der Waals surface area contributed by atoms with Crippen LogP contribution < -0.4 is 10.1 Å². The number of hydrogen-bond acceptors (Lipinski definition) is 4. The summed E-state index contributed by atoms with van der Waals surface area (Å²) >= 11 is 0. The van der Waals surface area contributed by atoms with Gasteiger partial charge in [0, 0.05) is 13.1 Å². The molecule has 0 saturated carbocycles. The molecule has 0 spiro atoms. The van der Waals surface area contributed by atoms with E-state index in [1.54, 1.807) is 18.1 Å². The fourth-order valence-corrected chi connectivity index (χ4v) is 3.73. The van der Waals surface area contributed by atoms with Crippen molar-refractivity contribution in [1.82, 2.24) is 25.0 Å². The third-order valence-electron chi connectivity index (χ3n) is 5.29. The van der Waals surface area contributed by atoms with Crippen LogP contribution in [-0.4, -0.2) is 39.4 Å². The van der Waals surface area contributed by atoms with Gasteiger partial charge in [0.25, 0.3) is 0 Å². The van der Waals surface area contributed by atoms with Gasteiger partial charge in [0.05, 0.1) is 19.7 Å². The number of rotatable bonds is 6. The Labute approximate surface area is 170 Å². The van der Waals surface area contributed by atoms with Gasteiger partial charge in [-0.2, -0.15) is 5.10 Å². The Morgan fingerprint density at radius 2 is 1.90 bits per heavy atom. The van der Waals surface area contributed by atoms with Crippen molar-refractivity contribution in [3.8, 4) is 5.75 Å². The zero-order chi connectivity index (χ0) is 20.1. The molecule has 1 aromatic heterocycles. The number of amides is 2. The van der Waals surface area contributed by atoms with Gasteiger partial charge < -0.3 is 15.0 Å². The Balaban J connectivity index is 1.33. The molecular weight excluding hydrogens is 366 g/mol. The first-order valence-electron chi connectivity index (χ1n) is 9.81. The van der Waals surface area contributed by atoms with E-state index in [0.717, 1.165) is 41.8 Å². The maximum absolute atomic E-state index is 12.8. The second kappa shape index (κ2) is 8.77. The number of benzene rings is 2. The maximum Gasteiger partial charge on any atom is 0.318 e. The van der Waals surface area contributed by atoms with Crippen molar-refractivity contribution in [2.24, 2.45) is 0 Å². The summed E-state index contributed by atoms with van der Waals surface area (Å²) in [6.07, 6.45) is 5.22. The molecule has 29 heavy (non-hydrogen) atoms. The van der Waals surface area contributed by atoms with E-state index < -0.39 is 0 Å². The Morgan fingerprint density at radius 1 is 1.14 bits per heavy atom. The van der Waals surface area contributed by atoms with Crippen LogP contribution in [0.2, 0.25) is 0 Å². The summed E-state index contributed by atoms with van der Waals surface area (Å²) in [5, 5.41) is 7.18. The molecule has 2 aromatic carbocycles. The lowest BCUT2D eigenvalue weighted by molar-refractivity contribution is 0.192.